The Bertz CT molecular complexity index is 1300. The number of anilines is 2. The summed E-state index contributed by atoms with van der Waals surface area (Å²) in [5.74, 6) is 0.281. The Morgan fingerprint density at radius 2 is 1.85 bits per heavy atom. The Labute approximate surface area is 190 Å². The molecule has 0 saturated heterocycles. The largest absolute Gasteiger partial charge is 0.372 e. The van der Waals surface area contributed by atoms with Crippen molar-refractivity contribution >= 4 is 34.4 Å². The van der Waals surface area contributed by atoms with Gasteiger partial charge in [-0.25, -0.2) is 10.1 Å². The number of aliphatic imine (C=N–C) groups is 1. The number of nitrogens with one attached hydrogen (secondary N) is 2. The summed E-state index contributed by atoms with van der Waals surface area (Å²) < 4.78 is 0. The molecule has 0 aliphatic carbocycles. The molecule has 0 saturated carbocycles. The fourth-order valence-electron chi connectivity index (χ4n) is 4.15. The van der Waals surface area contributed by atoms with E-state index in [1.165, 1.54) is 0 Å². The van der Waals surface area contributed by atoms with Gasteiger partial charge in [-0.05, 0) is 34.3 Å². The van der Waals surface area contributed by atoms with E-state index in [1.807, 2.05) is 54.6 Å². The first kappa shape index (κ1) is 20.4. The molecule has 0 radical (unpaired) electrons. The Morgan fingerprint density at radius 3 is 2.61 bits per heavy atom. The molecule has 0 unspecified atom stereocenters. The zero-order valence-corrected chi connectivity index (χ0v) is 17.7. The van der Waals surface area contributed by atoms with Gasteiger partial charge in [0.1, 0.15) is 11.5 Å². The van der Waals surface area contributed by atoms with Gasteiger partial charge < -0.3 is 10.6 Å². The Kier molecular flexibility index (Phi) is 5.32. The fourth-order valence-corrected chi connectivity index (χ4v) is 4.15. The smallest absolute Gasteiger partial charge is 0.322 e. The summed E-state index contributed by atoms with van der Waals surface area (Å²) in [4.78, 5) is 29.4. The lowest BCUT2D eigenvalue weighted by Crippen LogP contribution is -2.32. The van der Waals surface area contributed by atoms with Gasteiger partial charge in [-0.1, -0.05) is 60.7 Å². The molecule has 0 fully saturated rings. The van der Waals surface area contributed by atoms with E-state index in [9.17, 15) is 14.9 Å². The molecule has 1 amide bonds. The van der Waals surface area contributed by atoms with Crippen molar-refractivity contribution in [3.63, 3.8) is 0 Å². The highest BCUT2D eigenvalue weighted by Gasteiger charge is 2.42. The number of carbonyl (C=O) groups excluding carboxylic acids is 1. The van der Waals surface area contributed by atoms with Crippen LogP contribution in [0.3, 0.4) is 0 Å². The lowest BCUT2D eigenvalue weighted by molar-refractivity contribution is -0.482. The lowest BCUT2D eigenvalue weighted by Gasteiger charge is -2.15. The molecule has 2 aliphatic rings. The lowest BCUT2D eigenvalue weighted by atomic mass is 10.00. The predicted octanol–water partition coefficient (Wildman–Crippen LogP) is 3.75. The SMILES string of the molecule is O=C1C(=C(Nc2cccc(CC3=NCCN3)c2)c2ccccc2)c2ccccc2N1[N+](=O)[O-]. The van der Waals surface area contributed by atoms with Crippen LogP contribution in [0, 0.1) is 10.1 Å². The highest BCUT2D eigenvalue weighted by Crippen LogP contribution is 2.41. The number of rotatable bonds is 6. The van der Waals surface area contributed by atoms with Crippen molar-refractivity contribution in [1.29, 1.82) is 0 Å². The molecule has 0 aromatic heterocycles. The second kappa shape index (κ2) is 8.58. The molecule has 8 heteroatoms. The van der Waals surface area contributed by atoms with Crippen LogP contribution in [0.15, 0.2) is 83.9 Å². The molecule has 0 bridgehead atoms. The fraction of sp³-hybridized carbons (Fsp3) is 0.120. The van der Waals surface area contributed by atoms with Gasteiger partial charge in [-0.15, -0.1) is 0 Å². The van der Waals surface area contributed by atoms with E-state index in [4.69, 9.17) is 0 Å². The zero-order valence-electron chi connectivity index (χ0n) is 17.7. The van der Waals surface area contributed by atoms with E-state index in [0.717, 1.165) is 35.7 Å². The molecule has 0 spiro atoms. The minimum atomic E-state index is -0.674. The summed E-state index contributed by atoms with van der Waals surface area (Å²) >= 11 is 0. The van der Waals surface area contributed by atoms with Gasteiger partial charge in [0, 0.05) is 24.2 Å². The van der Waals surface area contributed by atoms with Gasteiger partial charge in [0.25, 0.3) is 0 Å². The number of nitro groups is 1. The van der Waals surface area contributed by atoms with Crippen LogP contribution in [-0.4, -0.2) is 29.9 Å². The molecule has 0 atom stereocenters. The Balaban J connectivity index is 1.61. The summed E-state index contributed by atoms with van der Waals surface area (Å²) in [7, 11) is 0. The number of nitrogens with zero attached hydrogens (tertiary/aromatic N) is 3. The summed E-state index contributed by atoms with van der Waals surface area (Å²) in [6.07, 6.45) is 0.684. The van der Waals surface area contributed by atoms with Gasteiger partial charge in [-0.3, -0.25) is 9.79 Å². The van der Waals surface area contributed by atoms with E-state index in [2.05, 4.69) is 15.6 Å². The quantitative estimate of drug-likeness (QED) is 0.346. The van der Waals surface area contributed by atoms with Crippen LogP contribution in [0.4, 0.5) is 11.4 Å². The molecule has 2 N–H and O–H groups in total. The number of carbonyl (C=O) groups is 1. The summed E-state index contributed by atoms with van der Waals surface area (Å²) in [5, 5.41) is 18.3. The number of amidine groups is 1. The van der Waals surface area contributed by atoms with Gasteiger partial charge in [-0.2, -0.15) is 0 Å². The molecule has 3 aromatic rings. The molecule has 33 heavy (non-hydrogen) atoms. The maximum Gasteiger partial charge on any atom is 0.322 e. The third-order valence-electron chi connectivity index (χ3n) is 5.59. The summed E-state index contributed by atoms with van der Waals surface area (Å²) in [6, 6.07) is 24.0. The van der Waals surface area contributed by atoms with E-state index in [-0.39, 0.29) is 11.3 Å². The third-order valence-corrected chi connectivity index (χ3v) is 5.59. The van der Waals surface area contributed by atoms with Crippen molar-refractivity contribution in [2.45, 2.75) is 6.42 Å². The number of fused-ring (bicyclic) bond motifs is 1. The number of hydrogen-bond donors (Lipinski definition) is 2. The molecule has 3 aromatic carbocycles. The van der Waals surface area contributed by atoms with E-state index in [0.29, 0.717) is 22.7 Å². The highest BCUT2D eigenvalue weighted by atomic mass is 16.7. The monoisotopic (exact) mass is 439 g/mol. The molecule has 5 rings (SSSR count). The van der Waals surface area contributed by atoms with Gasteiger partial charge >= 0.3 is 5.91 Å². The van der Waals surface area contributed by atoms with Crippen molar-refractivity contribution in [2.24, 2.45) is 4.99 Å². The summed E-state index contributed by atoms with van der Waals surface area (Å²) in [6.45, 7) is 1.64. The molecule has 8 nitrogen and oxygen atoms in total. The Hall–Kier alpha value is -4.46. The predicted molar refractivity (Wildman–Crippen MR) is 128 cm³/mol. The maximum atomic E-state index is 13.3. The van der Waals surface area contributed by atoms with Gasteiger partial charge in [0.05, 0.1) is 17.8 Å². The van der Waals surface area contributed by atoms with Crippen LogP contribution < -0.4 is 15.6 Å². The van der Waals surface area contributed by atoms with Crippen molar-refractivity contribution in [2.75, 3.05) is 23.4 Å². The van der Waals surface area contributed by atoms with Crippen molar-refractivity contribution in [1.82, 2.24) is 5.32 Å². The molecular formula is C25H21N5O3. The normalized spacial score (nSPS) is 16.2. The Morgan fingerprint density at radius 1 is 1.06 bits per heavy atom. The first-order valence-corrected chi connectivity index (χ1v) is 10.6. The highest BCUT2D eigenvalue weighted by molar-refractivity contribution is 6.37. The summed E-state index contributed by atoms with van der Waals surface area (Å²) in [5.41, 5.74) is 4.17. The number of para-hydroxylation sites is 1. The standard InChI is InChI=1S/C25H21N5O3/c31-25-23(20-11-4-5-12-21(20)29(25)30(32)33)24(18-8-2-1-3-9-18)28-19-10-6-7-17(15-19)16-22-26-13-14-27-22/h1-12,15,28H,13-14,16H2,(H,26,27). The minimum Gasteiger partial charge on any atom is -0.372 e. The first-order chi connectivity index (χ1) is 16.1. The van der Waals surface area contributed by atoms with Crippen molar-refractivity contribution in [3.8, 4) is 0 Å². The molecular weight excluding hydrogens is 418 g/mol. The van der Waals surface area contributed by atoms with Crippen molar-refractivity contribution < 1.29 is 9.83 Å². The average molecular weight is 439 g/mol. The topological polar surface area (TPSA) is 99.9 Å². The maximum absolute atomic E-state index is 13.3. The van der Waals surface area contributed by atoms with Gasteiger partial charge in [0.2, 0.25) is 0 Å². The van der Waals surface area contributed by atoms with E-state index in [1.54, 1.807) is 24.3 Å². The number of amides is 1. The van der Waals surface area contributed by atoms with E-state index >= 15 is 0 Å². The zero-order chi connectivity index (χ0) is 22.8. The van der Waals surface area contributed by atoms with Crippen LogP contribution >= 0.6 is 0 Å². The van der Waals surface area contributed by atoms with Gasteiger partial charge in [0.15, 0.2) is 5.03 Å². The number of hydrogen-bond acceptors (Lipinski definition) is 6. The number of benzene rings is 3. The van der Waals surface area contributed by atoms with Crippen LogP contribution in [0.1, 0.15) is 16.7 Å². The van der Waals surface area contributed by atoms with Crippen LogP contribution in [0.25, 0.3) is 11.3 Å². The second-order valence-electron chi connectivity index (χ2n) is 7.75. The van der Waals surface area contributed by atoms with Crippen LogP contribution in [0.5, 0.6) is 0 Å². The first-order valence-electron chi connectivity index (χ1n) is 10.6. The van der Waals surface area contributed by atoms with Crippen molar-refractivity contribution in [3.05, 3.63) is 106 Å². The minimum absolute atomic E-state index is 0.261. The average Bonchev–Trinajstić information content (AvgIpc) is 3.43. The van der Waals surface area contributed by atoms with Crippen LogP contribution in [0.2, 0.25) is 0 Å². The molecule has 2 aliphatic heterocycles. The third kappa shape index (κ3) is 3.94. The second-order valence-corrected chi connectivity index (χ2v) is 7.75. The van der Waals surface area contributed by atoms with Crippen LogP contribution in [-0.2, 0) is 11.2 Å². The number of hydrazine groups is 1. The molecule has 164 valence electrons. The molecule has 2 heterocycles. The van der Waals surface area contributed by atoms with E-state index < -0.39 is 10.9 Å².